The van der Waals surface area contributed by atoms with E-state index in [0.717, 1.165) is 24.2 Å². The van der Waals surface area contributed by atoms with Crippen molar-refractivity contribution < 1.29 is 19.1 Å². The lowest BCUT2D eigenvalue weighted by Crippen LogP contribution is -2.47. The molecule has 0 fully saturated rings. The van der Waals surface area contributed by atoms with Crippen LogP contribution >= 0.6 is 0 Å². The van der Waals surface area contributed by atoms with Crippen LogP contribution in [0.3, 0.4) is 0 Å². The second kappa shape index (κ2) is 6.95. The summed E-state index contributed by atoms with van der Waals surface area (Å²) in [6.45, 7) is 5.34. The Balaban J connectivity index is 1.92. The van der Waals surface area contributed by atoms with Gasteiger partial charge in [0.1, 0.15) is 12.4 Å². The number of esters is 1. The molecule has 24 heavy (non-hydrogen) atoms. The van der Waals surface area contributed by atoms with E-state index in [1.54, 1.807) is 4.90 Å². The van der Waals surface area contributed by atoms with Gasteiger partial charge in [-0.25, -0.2) is 9.59 Å². The summed E-state index contributed by atoms with van der Waals surface area (Å²) in [5.74, 6) is 0.404. The summed E-state index contributed by atoms with van der Waals surface area (Å²) in [6.07, 6.45) is 1.86. The predicted octanol–water partition coefficient (Wildman–Crippen LogP) is 2.76. The van der Waals surface area contributed by atoms with Crippen molar-refractivity contribution >= 4 is 12.0 Å². The highest BCUT2D eigenvalue weighted by Gasteiger charge is 2.41. The topological polar surface area (TPSA) is 67.9 Å². The minimum absolute atomic E-state index is 0.166. The van der Waals surface area contributed by atoms with Crippen LogP contribution in [0.2, 0.25) is 0 Å². The van der Waals surface area contributed by atoms with E-state index in [1.807, 2.05) is 31.2 Å². The van der Waals surface area contributed by atoms with Gasteiger partial charge in [-0.1, -0.05) is 25.5 Å². The van der Waals surface area contributed by atoms with Gasteiger partial charge in [-0.3, -0.25) is 4.90 Å². The van der Waals surface area contributed by atoms with Crippen LogP contribution in [0.5, 0.6) is 5.75 Å². The Morgan fingerprint density at radius 1 is 1.25 bits per heavy atom. The van der Waals surface area contributed by atoms with E-state index in [-0.39, 0.29) is 18.6 Å². The van der Waals surface area contributed by atoms with Crippen molar-refractivity contribution in [3.05, 3.63) is 41.1 Å². The molecule has 6 heteroatoms. The number of ether oxygens (including phenoxy) is 2. The lowest BCUT2D eigenvalue weighted by molar-refractivity contribution is -0.136. The molecule has 1 atom stereocenters. The number of unbranched alkanes of at least 4 members (excludes halogenated alkanes) is 1. The Hall–Kier alpha value is -2.50. The normalized spacial score (nSPS) is 19.9. The number of cyclic esters (lactones) is 1. The van der Waals surface area contributed by atoms with Crippen LogP contribution in [-0.2, 0) is 9.53 Å². The van der Waals surface area contributed by atoms with Crippen LogP contribution in [-0.4, -0.2) is 36.7 Å². The standard InChI is InChI=1S/C18H22N2O4/c1-3-5-10-20-14-11-24-17(21)15(14)16(19-18(20)22)12-6-8-13(9-7-12)23-4-2/h6-9,16H,3-5,10-11H2,1-2H3,(H,19,22). The largest absolute Gasteiger partial charge is 0.494 e. The maximum absolute atomic E-state index is 12.5. The first-order chi connectivity index (χ1) is 11.7. The molecule has 0 bridgehead atoms. The molecule has 0 aromatic heterocycles. The zero-order chi connectivity index (χ0) is 17.1. The molecule has 2 aliphatic rings. The van der Waals surface area contributed by atoms with E-state index in [9.17, 15) is 9.59 Å². The fourth-order valence-corrected chi connectivity index (χ4v) is 3.04. The quantitative estimate of drug-likeness (QED) is 0.815. The molecule has 128 valence electrons. The summed E-state index contributed by atoms with van der Waals surface area (Å²) in [5, 5.41) is 2.93. The number of rotatable bonds is 6. The van der Waals surface area contributed by atoms with Crippen molar-refractivity contribution in [1.29, 1.82) is 0 Å². The number of benzene rings is 1. The molecule has 0 radical (unpaired) electrons. The molecule has 1 aromatic rings. The molecule has 3 rings (SSSR count). The molecule has 0 saturated heterocycles. The number of amides is 2. The van der Waals surface area contributed by atoms with Gasteiger partial charge >= 0.3 is 12.0 Å². The smallest absolute Gasteiger partial charge is 0.338 e. The second-order valence-electron chi connectivity index (χ2n) is 5.83. The first-order valence-electron chi connectivity index (χ1n) is 8.36. The fourth-order valence-electron chi connectivity index (χ4n) is 3.04. The van der Waals surface area contributed by atoms with Crippen molar-refractivity contribution in [2.75, 3.05) is 19.8 Å². The summed E-state index contributed by atoms with van der Waals surface area (Å²) in [7, 11) is 0. The molecule has 0 aliphatic carbocycles. The summed E-state index contributed by atoms with van der Waals surface area (Å²) in [4.78, 5) is 26.3. The first-order valence-corrected chi connectivity index (χ1v) is 8.36. The average Bonchev–Trinajstić information content (AvgIpc) is 2.96. The Labute approximate surface area is 141 Å². The monoisotopic (exact) mass is 330 g/mol. The van der Waals surface area contributed by atoms with Crippen molar-refractivity contribution in [3.63, 3.8) is 0 Å². The number of nitrogens with zero attached hydrogens (tertiary/aromatic N) is 1. The van der Waals surface area contributed by atoms with Crippen molar-refractivity contribution in [2.24, 2.45) is 0 Å². The van der Waals surface area contributed by atoms with Crippen LogP contribution in [0, 0.1) is 0 Å². The highest BCUT2D eigenvalue weighted by molar-refractivity contribution is 5.97. The number of urea groups is 1. The molecule has 1 unspecified atom stereocenters. The number of nitrogens with one attached hydrogen (secondary N) is 1. The second-order valence-corrected chi connectivity index (χ2v) is 5.83. The van der Waals surface area contributed by atoms with Crippen LogP contribution in [0.25, 0.3) is 0 Å². The van der Waals surface area contributed by atoms with Gasteiger partial charge in [0.2, 0.25) is 0 Å². The zero-order valence-corrected chi connectivity index (χ0v) is 14.0. The highest BCUT2D eigenvalue weighted by atomic mass is 16.5. The van der Waals surface area contributed by atoms with Gasteiger partial charge in [-0.05, 0) is 31.0 Å². The maximum Gasteiger partial charge on any atom is 0.338 e. The molecule has 0 spiro atoms. The molecule has 6 nitrogen and oxygen atoms in total. The molecule has 2 heterocycles. The summed E-state index contributed by atoms with van der Waals surface area (Å²) < 4.78 is 10.6. The average molecular weight is 330 g/mol. The number of carbonyl (C=O) groups excluding carboxylic acids is 2. The van der Waals surface area contributed by atoms with E-state index < -0.39 is 6.04 Å². The summed E-state index contributed by atoms with van der Waals surface area (Å²) in [5.41, 5.74) is 2.07. The minimum Gasteiger partial charge on any atom is -0.494 e. The van der Waals surface area contributed by atoms with Gasteiger partial charge in [0.25, 0.3) is 0 Å². The van der Waals surface area contributed by atoms with Crippen molar-refractivity contribution in [2.45, 2.75) is 32.7 Å². The Morgan fingerprint density at radius 2 is 2.00 bits per heavy atom. The Bertz CT molecular complexity index is 666. The highest BCUT2D eigenvalue weighted by Crippen LogP contribution is 2.35. The fraction of sp³-hybridized carbons (Fsp3) is 0.444. The SMILES string of the molecule is CCCCN1C(=O)NC(c2ccc(OCC)cc2)C2=C1COC2=O. The van der Waals surface area contributed by atoms with E-state index in [4.69, 9.17) is 9.47 Å². The Morgan fingerprint density at radius 3 is 2.67 bits per heavy atom. The molecular formula is C18H22N2O4. The molecule has 2 aliphatic heterocycles. The van der Waals surface area contributed by atoms with Gasteiger partial charge < -0.3 is 14.8 Å². The van der Waals surface area contributed by atoms with E-state index in [0.29, 0.717) is 24.4 Å². The van der Waals surface area contributed by atoms with E-state index in [1.165, 1.54) is 0 Å². The van der Waals surface area contributed by atoms with Gasteiger partial charge in [-0.2, -0.15) is 0 Å². The van der Waals surface area contributed by atoms with E-state index in [2.05, 4.69) is 12.2 Å². The zero-order valence-electron chi connectivity index (χ0n) is 14.0. The lowest BCUT2D eigenvalue weighted by atomic mass is 9.95. The molecular weight excluding hydrogens is 308 g/mol. The molecule has 0 saturated carbocycles. The third-order valence-corrected chi connectivity index (χ3v) is 4.26. The lowest BCUT2D eigenvalue weighted by Gasteiger charge is -2.32. The van der Waals surface area contributed by atoms with Crippen LogP contribution in [0.1, 0.15) is 38.3 Å². The maximum atomic E-state index is 12.5. The van der Waals surface area contributed by atoms with E-state index >= 15 is 0 Å². The number of carbonyl (C=O) groups is 2. The summed E-state index contributed by atoms with van der Waals surface area (Å²) in [6, 6.07) is 6.77. The predicted molar refractivity (Wildman–Crippen MR) is 88.5 cm³/mol. The van der Waals surface area contributed by atoms with Crippen molar-refractivity contribution in [1.82, 2.24) is 10.2 Å². The summed E-state index contributed by atoms with van der Waals surface area (Å²) >= 11 is 0. The molecule has 1 aromatic carbocycles. The Kier molecular flexibility index (Phi) is 4.74. The number of hydrogen-bond acceptors (Lipinski definition) is 4. The van der Waals surface area contributed by atoms with Crippen LogP contribution < -0.4 is 10.1 Å². The van der Waals surface area contributed by atoms with Crippen LogP contribution in [0.4, 0.5) is 4.79 Å². The first kappa shape index (κ1) is 16.4. The third kappa shape index (κ3) is 2.96. The molecule has 1 N–H and O–H groups in total. The van der Waals surface area contributed by atoms with Crippen molar-refractivity contribution in [3.8, 4) is 5.75 Å². The molecule has 2 amide bonds. The van der Waals surface area contributed by atoms with Gasteiger partial charge in [0.05, 0.1) is 23.9 Å². The van der Waals surface area contributed by atoms with Gasteiger partial charge in [0.15, 0.2) is 0 Å². The van der Waals surface area contributed by atoms with Gasteiger partial charge in [-0.15, -0.1) is 0 Å². The number of hydrogen-bond donors (Lipinski definition) is 1. The van der Waals surface area contributed by atoms with Crippen LogP contribution in [0.15, 0.2) is 35.5 Å². The third-order valence-electron chi connectivity index (χ3n) is 4.26. The minimum atomic E-state index is -0.476. The van der Waals surface area contributed by atoms with Gasteiger partial charge in [0, 0.05) is 6.54 Å².